The quantitative estimate of drug-likeness (QED) is 0.296. The fourth-order valence-corrected chi connectivity index (χ4v) is 2.47. The number of esters is 2. The second kappa shape index (κ2) is 10.1. The van der Waals surface area contributed by atoms with E-state index in [4.69, 9.17) is 31.1 Å². The minimum Gasteiger partial charge on any atom is -0.490 e. The Hall–Kier alpha value is -3.30. The van der Waals surface area contributed by atoms with E-state index >= 15 is 0 Å². The average molecular weight is 400 g/mol. The number of benzene rings is 2. The Labute approximate surface area is 167 Å². The van der Waals surface area contributed by atoms with Gasteiger partial charge < -0.3 is 14.2 Å². The molecule has 0 spiro atoms. The normalized spacial score (nSPS) is 10.7. The molecule has 2 aromatic rings. The number of nitriles is 1. The molecule has 0 amide bonds. The van der Waals surface area contributed by atoms with Gasteiger partial charge in [-0.15, -0.1) is 0 Å². The van der Waals surface area contributed by atoms with Gasteiger partial charge in [0.25, 0.3) is 0 Å². The number of ether oxygens (including phenoxy) is 3. The molecule has 0 aliphatic heterocycles. The van der Waals surface area contributed by atoms with E-state index in [9.17, 15) is 9.59 Å². The Morgan fingerprint density at radius 2 is 1.86 bits per heavy atom. The SMILES string of the molecule is CCOC(=O)/C(C#N)=C/c1ccc(OC(=O)c2ccccc2Cl)c(OCC)c1. The van der Waals surface area contributed by atoms with Crippen molar-refractivity contribution in [2.24, 2.45) is 0 Å². The summed E-state index contributed by atoms with van der Waals surface area (Å²) in [5.41, 5.74) is 0.598. The highest BCUT2D eigenvalue weighted by molar-refractivity contribution is 6.33. The van der Waals surface area contributed by atoms with E-state index < -0.39 is 11.9 Å². The van der Waals surface area contributed by atoms with Crippen molar-refractivity contribution >= 4 is 29.6 Å². The third kappa shape index (κ3) is 5.35. The maximum absolute atomic E-state index is 12.4. The summed E-state index contributed by atoms with van der Waals surface area (Å²) >= 11 is 6.03. The molecule has 0 heterocycles. The predicted molar refractivity (Wildman–Crippen MR) is 104 cm³/mol. The van der Waals surface area contributed by atoms with Crippen LogP contribution in [0.3, 0.4) is 0 Å². The third-order valence-electron chi connectivity index (χ3n) is 3.49. The van der Waals surface area contributed by atoms with Gasteiger partial charge in [-0.3, -0.25) is 0 Å². The smallest absolute Gasteiger partial charge is 0.348 e. The first kappa shape index (κ1) is 21.0. The molecule has 7 heteroatoms. The van der Waals surface area contributed by atoms with Crippen LogP contribution >= 0.6 is 11.6 Å². The lowest BCUT2D eigenvalue weighted by Gasteiger charge is -2.12. The Balaban J connectivity index is 2.32. The van der Waals surface area contributed by atoms with Gasteiger partial charge >= 0.3 is 11.9 Å². The lowest BCUT2D eigenvalue weighted by molar-refractivity contribution is -0.137. The fraction of sp³-hybridized carbons (Fsp3) is 0.190. The van der Waals surface area contributed by atoms with Crippen molar-refractivity contribution in [3.05, 3.63) is 64.2 Å². The number of halogens is 1. The molecule has 0 radical (unpaired) electrons. The molecule has 0 saturated heterocycles. The molecule has 0 unspecified atom stereocenters. The molecular weight excluding hydrogens is 382 g/mol. The molecule has 0 saturated carbocycles. The number of nitrogens with zero attached hydrogens (tertiary/aromatic N) is 1. The molecule has 0 N–H and O–H groups in total. The van der Waals surface area contributed by atoms with Crippen LogP contribution in [0, 0.1) is 11.3 Å². The van der Waals surface area contributed by atoms with Crippen LogP contribution in [0.5, 0.6) is 11.5 Å². The van der Waals surface area contributed by atoms with E-state index in [1.54, 1.807) is 56.3 Å². The zero-order valence-corrected chi connectivity index (χ0v) is 16.2. The molecule has 2 rings (SSSR count). The van der Waals surface area contributed by atoms with Crippen LogP contribution < -0.4 is 9.47 Å². The summed E-state index contributed by atoms with van der Waals surface area (Å²) in [5.74, 6) is -0.854. The topological polar surface area (TPSA) is 85.6 Å². The largest absolute Gasteiger partial charge is 0.490 e. The summed E-state index contributed by atoms with van der Waals surface area (Å²) in [5, 5.41) is 9.43. The summed E-state index contributed by atoms with van der Waals surface area (Å²) in [6.45, 7) is 3.93. The van der Waals surface area contributed by atoms with E-state index in [0.717, 1.165) is 0 Å². The number of hydrogen-bond acceptors (Lipinski definition) is 6. The second-order valence-electron chi connectivity index (χ2n) is 5.40. The van der Waals surface area contributed by atoms with Crippen molar-refractivity contribution in [1.29, 1.82) is 5.26 Å². The molecule has 0 aromatic heterocycles. The lowest BCUT2D eigenvalue weighted by atomic mass is 10.1. The van der Waals surface area contributed by atoms with E-state index in [2.05, 4.69) is 0 Å². The first-order valence-electron chi connectivity index (χ1n) is 8.52. The van der Waals surface area contributed by atoms with Gasteiger partial charge in [0, 0.05) is 0 Å². The van der Waals surface area contributed by atoms with Gasteiger partial charge in [-0.05, 0) is 49.8 Å². The number of carbonyl (C=O) groups excluding carboxylic acids is 2. The van der Waals surface area contributed by atoms with E-state index in [1.165, 1.54) is 12.1 Å². The van der Waals surface area contributed by atoms with Crippen LogP contribution in [0.1, 0.15) is 29.8 Å². The average Bonchev–Trinajstić information content (AvgIpc) is 2.68. The molecule has 0 bridgehead atoms. The van der Waals surface area contributed by atoms with Crippen molar-refractivity contribution in [3.63, 3.8) is 0 Å². The maximum atomic E-state index is 12.4. The fourth-order valence-electron chi connectivity index (χ4n) is 2.26. The summed E-state index contributed by atoms with van der Waals surface area (Å²) in [6.07, 6.45) is 1.38. The molecule has 6 nitrogen and oxygen atoms in total. The molecule has 0 fully saturated rings. The Bertz CT molecular complexity index is 946. The van der Waals surface area contributed by atoms with Gasteiger partial charge in [0.2, 0.25) is 0 Å². The molecule has 28 heavy (non-hydrogen) atoms. The van der Waals surface area contributed by atoms with Gasteiger partial charge in [-0.2, -0.15) is 5.26 Å². The lowest BCUT2D eigenvalue weighted by Crippen LogP contribution is -2.10. The van der Waals surface area contributed by atoms with Crippen LogP contribution in [-0.4, -0.2) is 25.2 Å². The molecule has 144 valence electrons. The van der Waals surface area contributed by atoms with Crippen LogP contribution in [0.15, 0.2) is 48.0 Å². The third-order valence-corrected chi connectivity index (χ3v) is 3.82. The number of rotatable bonds is 7. The molecular formula is C21H18ClNO5. The van der Waals surface area contributed by atoms with Gasteiger partial charge in [0.1, 0.15) is 11.6 Å². The molecule has 0 atom stereocenters. The minimum absolute atomic E-state index is 0.148. The van der Waals surface area contributed by atoms with Crippen molar-refractivity contribution in [3.8, 4) is 17.6 Å². The minimum atomic E-state index is -0.711. The van der Waals surface area contributed by atoms with Gasteiger partial charge in [0.15, 0.2) is 11.5 Å². The van der Waals surface area contributed by atoms with Gasteiger partial charge in [-0.1, -0.05) is 29.8 Å². The Morgan fingerprint density at radius 1 is 1.11 bits per heavy atom. The zero-order chi connectivity index (χ0) is 20.5. The second-order valence-corrected chi connectivity index (χ2v) is 5.81. The molecule has 0 aliphatic rings. The van der Waals surface area contributed by atoms with Crippen molar-refractivity contribution < 1.29 is 23.8 Å². The van der Waals surface area contributed by atoms with E-state index in [1.807, 2.05) is 0 Å². The summed E-state index contributed by atoms with van der Waals surface area (Å²) < 4.78 is 15.8. The molecule has 2 aromatic carbocycles. The molecule has 0 aliphatic carbocycles. The zero-order valence-electron chi connectivity index (χ0n) is 15.4. The first-order chi connectivity index (χ1) is 13.5. The van der Waals surface area contributed by atoms with Crippen molar-refractivity contribution in [2.45, 2.75) is 13.8 Å². The van der Waals surface area contributed by atoms with Crippen LogP contribution in [0.25, 0.3) is 6.08 Å². The van der Waals surface area contributed by atoms with Crippen LogP contribution in [0.4, 0.5) is 0 Å². The summed E-state index contributed by atoms with van der Waals surface area (Å²) in [7, 11) is 0. The highest BCUT2D eigenvalue weighted by atomic mass is 35.5. The van der Waals surface area contributed by atoms with E-state index in [-0.39, 0.29) is 34.3 Å². The van der Waals surface area contributed by atoms with Crippen molar-refractivity contribution in [1.82, 2.24) is 0 Å². The van der Waals surface area contributed by atoms with Gasteiger partial charge in [-0.25, -0.2) is 9.59 Å². The number of carbonyl (C=O) groups is 2. The Morgan fingerprint density at radius 3 is 2.50 bits per heavy atom. The van der Waals surface area contributed by atoms with Crippen LogP contribution in [-0.2, 0) is 9.53 Å². The summed E-state index contributed by atoms with van der Waals surface area (Å²) in [6, 6.07) is 13.0. The summed E-state index contributed by atoms with van der Waals surface area (Å²) in [4.78, 5) is 24.1. The standard InChI is InChI=1S/C21H18ClNO5/c1-3-26-19-12-14(11-15(13-23)20(24)27-4-2)9-10-18(19)28-21(25)16-7-5-6-8-17(16)22/h5-12H,3-4H2,1-2H3/b15-11+. The maximum Gasteiger partial charge on any atom is 0.348 e. The Kier molecular flexibility index (Phi) is 7.61. The first-order valence-corrected chi connectivity index (χ1v) is 8.90. The predicted octanol–water partition coefficient (Wildman–Crippen LogP) is 4.43. The highest BCUT2D eigenvalue weighted by Gasteiger charge is 2.16. The van der Waals surface area contributed by atoms with Gasteiger partial charge in [0.05, 0.1) is 23.8 Å². The monoisotopic (exact) mass is 399 g/mol. The van der Waals surface area contributed by atoms with E-state index in [0.29, 0.717) is 12.2 Å². The van der Waals surface area contributed by atoms with Crippen LogP contribution in [0.2, 0.25) is 5.02 Å². The van der Waals surface area contributed by atoms with Crippen molar-refractivity contribution in [2.75, 3.05) is 13.2 Å². The highest BCUT2D eigenvalue weighted by Crippen LogP contribution is 2.31. The number of hydrogen-bond donors (Lipinski definition) is 0.